The molecular weight excluding hydrogens is 492 g/mol. The molecule has 1 aliphatic heterocycles. The summed E-state index contributed by atoms with van der Waals surface area (Å²) < 4.78 is 28.0. The maximum absolute atomic E-state index is 13.4. The smallest absolute Gasteiger partial charge is 0.310 e. The van der Waals surface area contributed by atoms with Gasteiger partial charge >= 0.3 is 5.91 Å². The monoisotopic (exact) mass is 514 g/mol. The van der Waals surface area contributed by atoms with Crippen molar-refractivity contribution >= 4 is 27.5 Å². The number of benzene rings is 2. The first-order chi connectivity index (χ1) is 16.0. The van der Waals surface area contributed by atoms with Gasteiger partial charge in [-0.3, -0.25) is 4.79 Å². The molecule has 9 heteroatoms. The largest absolute Gasteiger partial charge is 0.497 e. The molecule has 33 heavy (non-hydrogen) atoms. The summed E-state index contributed by atoms with van der Waals surface area (Å²) in [5.74, 6) is 2.16. The lowest BCUT2D eigenvalue weighted by Crippen LogP contribution is -2.27. The number of nitrogens with zero attached hydrogens (tertiary/aromatic N) is 2. The van der Waals surface area contributed by atoms with E-state index < -0.39 is 6.04 Å². The van der Waals surface area contributed by atoms with Crippen LogP contribution in [0.4, 0.5) is 0 Å². The van der Waals surface area contributed by atoms with Crippen molar-refractivity contribution in [3.05, 3.63) is 70.1 Å². The molecule has 0 saturated heterocycles. The zero-order chi connectivity index (χ0) is 23.5. The Morgan fingerprint density at radius 3 is 2.42 bits per heavy atom. The van der Waals surface area contributed by atoms with Gasteiger partial charge in [0.1, 0.15) is 11.5 Å². The highest BCUT2D eigenvalue weighted by Crippen LogP contribution is 2.43. The summed E-state index contributed by atoms with van der Waals surface area (Å²) in [5, 5.41) is 6.12. The minimum Gasteiger partial charge on any atom is -0.497 e. The zero-order valence-corrected chi connectivity index (χ0v) is 20.2. The van der Waals surface area contributed by atoms with E-state index in [9.17, 15) is 4.79 Å². The summed E-state index contributed by atoms with van der Waals surface area (Å²) in [4.78, 5) is 13.4. The van der Waals surface area contributed by atoms with E-state index in [1.54, 1.807) is 52.7 Å². The lowest BCUT2D eigenvalue weighted by Gasteiger charge is -2.23. The van der Waals surface area contributed by atoms with Crippen LogP contribution in [0.3, 0.4) is 0 Å². The number of rotatable bonds is 7. The van der Waals surface area contributed by atoms with Crippen LogP contribution in [0.1, 0.15) is 34.1 Å². The molecule has 8 nitrogen and oxygen atoms in total. The second kappa shape index (κ2) is 9.58. The number of amides is 1. The topological polar surface area (TPSA) is 82.7 Å². The highest BCUT2D eigenvalue weighted by molar-refractivity contribution is 9.10. The molecule has 0 spiro atoms. The molecule has 1 amide bonds. The second-order valence-corrected chi connectivity index (χ2v) is 7.95. The maximum atomic E-state index is 13.4. The molecule has 1 aliphatic rings. The van der Waals surface area contributed by atoms with Crippen LogP contribution in [0.15, 0.2) is 62.7 Å². The Morgan fingerprint density at radius 1 is 1.00 bits per heavy atom. The quantitative estimate of drug-likeness (QED) is 0.437. The number of hydrogen-bond acceptors (Lipinski definition) is 7. The minimum atomic E-state index is -0.451. The Hall–Kier alpha value is -3.46. The molecule has 1 atom stereocenters. The number of ether oxygens (including phenoxy) is 4. The molecule has 2 aromatic carbocycles. The van der Waals surface area contributed by atoms with E-state index >= 15 is 0 Å². The van der Waals surface area contributed by atoms with Gasteiger partial charge in [0.25, 0.3) is 0 Å². The van der Waals surface area contributed by atoms with Crippen molar-refractivity contribution in [1.82, 2.24) is 5.01 Å². The fourth-order valence-electron chi connectivity index (χ4n) is 3.86. The lowest BCUT2D eigenvalue weighted by atomic mass is 9.96. The highest BCUT2D eigenvalue weighted by atomic mass is 79.9. The number of hydrazone groups is 1. The van der Waals surface area contributed by atoms with Gasteiger partial charge in [-0.05, 0) is 46.3 Å². The molecule has 4 rings (SSSR count). The Balaban J connectivity index is 1.82. The van der Waals surface area contributed by atoms with Crippen LogP contribution < -0.4 is 18.9 Å². The fourth-order valence-corrected chi connectivity index (χ4v) is 4.16. The number of methoxy groups -OCH3 is 4. The van der Waals surface area contributed by atoms with Gasteiger partial charge in [-0.15, -0.1) is 0 Å². The van der Waals surface area contributed by atoms with Crippen LogP contribution in [0.5, 0.6) is 23.0 Å². The van der Waals surface area contributed by atoms with E-state index in [-0.39, 0.29) is 11.7 Å². The van der Waals surface area contributed by atoms with E-state index in [1.165, 1.54) is 5.01 Å². The molecule has 0 aliphatic carbocycles. The minimum absolute atomic E-state index is 0.167. The summed E-state index contributed by atoms with van der Waals surface area (Å²) in [6.45, 7) is 0. The van der Waals surface area contributed by atoms with Crippen molar-refractivity contribution in [2.24, 2.45) is 5.10 Å². The normalized spacial score (nSPS) is 15.2. The summed E-state index contributed by atoms with van der Waals surface area (Å²) in [7, 11) is 6.32. The number of carbonyl (C=O) groups is 1. The van der Waals surface area contributed by atoms with E-state index in [4.69, 9.17) is 28.5 Å². The van der Waals surface area contributed by atoms with Gasteiger partial charge < -0.3 is 23.4 Å². The average molecular weight is 515 g/mol. The molecule has 172 valence electrons. The van der Waals surface area contributed by atoms with Gasteiger partial charge in [0, 0.05) is 23.6 Å². The van der Waals surface area contributed by atoms with E-state index in [2.05, 4.69) is 15.9 Å². The highest BCUT2D eigenvalue weighted by Gasteiger charge is 2.37. The standard InChI is InChI=1S/C24H23BrN2O6/c1-29-14-8-9-15(21(12-14)31-3)17-13-18(16-6-5-7-19(30-2)23(16)32-4)27(26-17)24(28)20-10-11-22(25)33-20/h5-12,18H,13H2,1-4H3. The Morgan fingerprint density at radius 2 is 1.79 bits per heavy atom. The van der Waals surface area contributed by atoms with Crippen molar-refractivity contribution < 1.29 is 28.2 Å². The maximum Gasteiger partial charge on any atom is 0.310 e. The Bertz CT molecular complexity index is 1210. The number of para-hydroxylation sites is 1. The molecule has 1 aromatic heterocycles. The predicted octanol–water partition coefficient (Wildman–Crippen LogP) is 5.07. The van der Waals surface area contributed by atoms with Crippen LogP contribution in [0.25, 0.3) is 0 Å². The zero-order valence-electron chi connectivity index (χ0n) is 18.6. The molecule has 0 bridgehead atoms. The van der Waals surface area contributed by atoms with Gasteiger partial charge in [-0.1, -0.05) is 12.1 Å². The van der Waals surface area contributed by atoms with Crippen LogP contribution in [0.2, 0.25) is 0 Å². The van der Waals surface area contributed by atoms with E-state index in [0.717, 1.165) is 11.1 Å². The van der Waals surface area contributed by atoms with Gasteiger partial charge in [-0.25, -0.2) is 5.01 Å². The third-order valence-electron chi connectivity index (χ3n) is 5.41. The molecule has 0 N–H and O–H groups in total. The van der Waals surface area contributed by atoms with Crippen molar-refractivity contribution in [2.45, 2.75) is 12.5 Å². The fraction of sp³-hybridized carbons (Fsp3) is 0.250. The Kier molecular flexibility index (Phi) is 6.60. The predicted molar refractivity (Wildman–Crippen MR) is 126 cm³/mol. The van der Waals surface area contributed by atoms with Gasteiger partial charge in [0.2, 0.25) is 0 Å². The third kappa shape index (κ3) is 4.28. The van der Waals surface area contributed by atoms with Crippen molar-refractivity contribution in [1.29, 1.82) is 0 Å². The summed E-state index contributed by atoms with van der Waals surface area (Å²) in [5.41, 5.74) is 2.21. The number of halogens is 1. The number of hydrogen-bond donors (Lipinski definition) is 0. The van der Waals surface area contributed by atoms with Gasteiger partial charge in [0.05, 0.1) is 40.2 Å². The first kappa shape index (κ1) is 22.7. The van der Waals surface area contributed by atoms with Crippen LogP contribution in [-0.2, 0) is 0 Å². The summed E-state index contributed by atoms with van der Waals surface area (Å²) >= 11 is 3.25. The van der Waals surface area contributed by atoms with Crippen molar-refractivity contribution in [2.75, 3.05) is 28.4 Å². The van der Waals surface area contributed by atoms with Gasteiger partial charge in [0.15, 0.2) is 21.9 Å². The molecule has 1 unspecified atom stereocenters. The number of carbonyl (C=O) groups excluding carboxylic acids is 1. The average Bonchev–Trinajstić information content (AvgIpc) is 3.49. The Labute approximate surface area is 199 Å². The molecular formula is C24H23BrN2O6. The lowest BCUT2D eigenvalue weighted by molar-refractivity contribution is 0.0675. The van der Waals surface area contributed by atoms with Crippen molar-refractivity contribution in [3.8, 4) is 23.0 Å². The van der Waals surface area contributed by atoms with Crippen LogP contribution in [-0.4, -0.2) is 45.1 Å². The first-order valence-electron chi connectivity index (χ1n) is 10.1. The molecule has 2 heterocycles. The second-order valence-electron chi connectivity index (χ2n) is 7.17. The van der Waals surface area contributed by atoms with E-state index in [1.807, 2.05) is 24.3 Å². The number of furan rings is 1. The van der Waals surface area contributed by atoms with Crippen molar-refractivity contribution in [3.63, 3.8) is 0 Å². The molecule has 3 aromatic rings. The molecule has 0 fully saturated rings. The SMILES string of the molecule is COc1ccc(C2=NN(C(=O)c3ccc(Br)o3)C(c3cccc(OC)c3OC)C2)c(OC)c1. The van der Waals surface area contributed by atoms with Crippen LogP contribution >= 0.6 is 15.9 Å². The van der Waals surface area contributed by atoms with E-state index in [0.29, 0.717) is 39.8 Å². The first-order valence-corrected chi connectivity index (χ1v) is 10.9. The third-order valence-corrected chi connectivity index (χ3v) is 5.84. The summed E-state index contributed by atoms with van der Waals surface area (Å²) in [6, 6.07) is 13.9. The van der Waals surface area contributed by atoms with Gasteiger partial charge in [-0.2, -0.15) is 5.10 Å². The van der Waals surface area contributed by atoms with Crippen LogP contribution in [0, 0.1) is 0 Å². The molecule has 0 radical (unpaired) electrons. The summed E-state index contributed by atoms with van der Waals surface area (Å²) in [6.07, 6.45) is 0.430. The molecule has 0 saturated carbocycles.